The van der Waals surface area contributed by atoms with Gasteiger partial charge >= 0.3 is 0 Å². The maximum Gasteiger partial charge on any atom is 0.133 e. The van der Waals surface area contributed by atoms with E-state index >= 15 is 0 Å². The summed E-state index contributed by atoms with van der Waals surface area (Å²) in [4.78, 5) is 0. The SMILES string of the molecule is C=CC[N+](CC=C)(CC=C)c1ccccc1.C=CC[N+](CC=C)(CC=C)c1ccccc1.O=S(=O)([O-])[O-]. The minimum atomic E-state index is -5.17. The average Bonchev–Trinajstić information content (AvgIpc) is 2.85. The molecule has 2 rings (SSSR count). The molecule has 0 radical (unpaired) electrons. The van der Waals surface area contributed by atoms with Crippen molar-refractivity contribution in [3.8, 4) is 0 Å². The Morgan fingerprint density at radius 3 is 0.865 bits per heavy atom. The number of hydrogen-bond acceptors (Lipinski definition) is 4. The fraction of sp³-hybridized carbons (Fsp3) is 0.200. The highest BCUT2D eigenvalue weighted by atomic mass is 32.3. The Bertz CT molecular complexity index is 947. The van der Waals surface area contributed by atoms with Crippen LogP contribution in [-0.2, 0) is 10.4 Å². The highest BCUT2D eigenvalue weighted by molar-refractivity contribution is 7.79. The van der Waals surface area contributed by atoms with E-state index in [0.717, 1.165) is 48.2 Å². The fourth-order valence-corrected chi connectivity index (χ4v) is 4.05. The van der Waals surface area contributed by atoms with Gasteiger partial charge in [-0.1, -0.05) is 75.9 Å². The summed E-state index contributed by atoms with van der Waals surface area (Å²) >= 11 is 0. The van der Waals surface area contributed by atoms with Gasteiger partial charge in [-0.15, -0.1) is 0 Å². The second-order valence-corrected chi connectivity index (χ2v) is 9.01. The Balaban J connectivity index is 0.000000594. The first-order valence-electron chi connectivity index (χ1n) is 11.7. The lowest BCUT2D eigenvalue weighted by Crippen LogP contribution is -2.49. The molecule has 2 aromatic rings. The minimum absolute atomic E-state index is 0.817. The molecule has 0 aliphatic heterocycles. The minimum Gasteiger partial charge on any atom is -0.759 e. The van der Waals surface area contributed by atoms with Gasteiger partial charge in [0, 0.05) is 10.4 Å². The van der Waals surface area contributed by atoms with Crippen LogP contribution in [0, 0.1) is 0 Å². The van der Waals surface area contributed by atoms with E-state index in [1.807, 2.05) is 48.6 Å². The molecule has 6 nitrogen and oxygen atoms in total. The lowest BCUT2D eigenvalue weighted by molar-refractivity contribution is 0.352. The van der Waals surface area contributed by atoms with Gasteiger partial charge in [-0.05, 0) is 60.7 Å². The van der Waals surface area contributed by atoms with E-state index in [9.17, 15) is 0 Å². The van der Waals surface area contributed by atoms with Crippen LogP contribution in [0.15, 0.2) is 137 Å². The van der Waals surface area contributed by atoms with Crippen molar-refractivity contribution in [3.63, 3.8) is 0 Å². The summed E-state index contributed by atoms with van der Waals surface area (Å²) in [5.74, 6) is 0. The molecule has 0 bridgehead atoms. The first-order valence-corrected chi connectivity index (χ1v) is 13.1. The first kappa shape index (κ1) is 33.7. The smallest absolute Gasteiger partial charge is 0.133 e. The third-order valence-corrected chi connectivity index (χ3v) is 5.48. The van der Waals surface area contributed by atoms with Crippen LogP contribution in [0.1, 0.15) is 0 Å². The zero-order valence-corrected chi connectivity index (χ0v) is 22.5. The number of hydrogen-bond donors (Lipinski definition) is 0. The third-order valence-electron chi connectivity index (χ3n) is 5.48. The molecule has 0 spiro atoms. The molecule has 0 aliphatic rings. The Morgan fingerprint density at radius 1 is 0.514 bits per heavy atom. The number of benzene rings is 2. The summed E-state index contributed by atoms with van der Waals surface area (Å²) in [6.45, 7) is 28.5. The van der Waals surface area contributed by atoms with Gasteiger partial charge in [-0.2, -0.15) is 0 Å². The van der Waals surface area contributed by atoms with E-state index in [1.165, 1.54) is 11.4 Å². The van der Waals surface area contributed by atoms with Crippen molar-refractivity contribution in [3.05, 3.63) is 137 Å². The van der Waals surface area contributed by atoms with Gasteiger partial charge in [0.2, 0.25) is 0 Å². The van der Waals surface area contributed by atoms with E-state index in [1.54, 1.807) is 0 Å². The van der Waals surface area contributed by atoms with Crippen LogP contribution >= 0.6 is 0 Å². The summed E-state index contributed by atoms with van der Waals surface area (Å²) in [6, 6.07) is 20.9. The van der Waals surface area contributed by atoms with Crippen molar-refractivity contribution in [2.75, 3.05) is 39.3 Å². The number of nitrogens with zero attached hydrogens (tertiary/aromatic N) is 2. The summed E-state index contributed by atoms with van der Waals surface area (Å²) in [5.41, 5.74) is 2.56. The monoisotopic (exact) mass is 524 g/mol. The van der Waals surface area contributed by atoms with Crippen molar-refractivity contribution in [1.29, 1.82) is 0 Å². The largest absolute Gasteiger partial charge is 0.759 e. The maximum absolute atomic E-state index is 8.52. The standard InChI is InChI=1S/2C15H20N.H2O4S/c2*1-4-12-16(13-5-2,14-6-3)15-10-8-7-9-11-15;1-5(2,3)4/h2*4-11H,1-3,12-14H2;(H2,1,2,3,4)/q2*+1;/p-2. The summed E-state index contributed by atoms with van der Waals surface area (Å²) < 4.78 is 35.7. The Labute approximate surface area is 224 Å². The molecule has 0 N–H and O–H groups in total. The van der Waals surface area contributed by atoms with Gasteiger partial charge in [0.05, 0.1) is 0 Å². The maximum atomic E-state index is 8.52. The fourth-order valence-electron chi connectivity index (χ4n) is 4.05. The number of quaternary nitrogens is 2. The lowest BCUT2D eigenvalue weighted by atomic mass is 10.2. The van der Waals surface area contributed by atoms with Crippen molar-refractivity contribution in [2.45, 2.75) is 0 Å². The molecule has 7 heteroatoms. The molecule has 37 heavy (non-hydrogen) atoms. The Kier molecular flexibility index (Phi) is 16.4. The molecule has 2 aromatic carbocycles. The first-order chi connectivity index (χ1) is 17.6. The lowest BCUT2D eigenvalue weighted by Gasteiger charge is -2.35. The van der Waals surface area contributed by atoms with Crippen molar-refractivity contribution < 1.29 is 17.5 Å². The number of para-hydroxylation sites is 2. The number of rotatable bonds is 14. The van der Waals surface area contributed by atoms with E-state index in [0.29, 0.717) is 0 Å². The van der Waals surface area contributed by atoms with Gasteiger partial charge < -0.3 is 9.11 Å². The van der Waals surface area contributed by atoms with E-state index < -0.39 is 10.4 Å². The van der Waals surface area contributed by atoms with Crippen LogP contribution in [-0.4, -0.2) is 56.8 Å². The van der Waals surface area contributed by atoms with Gasteiger partial charge in [0.1, 0.15) is 50.6 Å². The molecule has 0 atom stereocenters. The van der Waals surface area contributed by atoms with Crippen molar-refractivity contribution in [2.24, 2.45) is 0 Å². The summed E-state index contributed by atoms with van der Waals surface area (Å²) in [5, 5.41) is 0. The Morgan fingerprint density at radius 2 is 0.703 bits per heavy atom. The van der Waals surface area contributed by atoms with E-state index in [2.05, 4.69) is 88.0 Å². The van der Waals surface area contributed by atoms with Crippen LogP contribution in [0.25, 0.3) is 0 Å². The predicted molar refractivity (Wildman–Crippen MR) is 157 cm³/mol. The molecule has 0 unspecified atom stereocenters. The van der Waals surface area contributed by atoms with Crippen LogP contribution in [0.3, 0.4) is 0 Å². The summed E-state index contributed by atoms with van der Waals surface area (Å²) in [6.07, 6.45) is 11.8. The molecular formula is C30H40N2O4S. The normalized spacial score (nSPS) is 10.9. The molecule has 0 aliphatic carbocycles. The average molecular weight is 525 g/mol. The molecular weight excluding hydrogens is 484 g/mol. The van der Waals surface area contributed by atoms with Gasteiger partial charge in [-0.3, -0.25) is 17.4 Å². The highest BCUT2D eigenvalue weighted by Gasteiger charge is 2.26. The van der Waals surface area contributed by atoms with Gasteiger partial charge in [0.15, 0.2) is 0 Å². The molecule has 0 saturated carbocycles. The van der Waals surface area contributed by atoms with Gasteiger partial charge in [-0.25, -0.2) is 0 Å². The molecule has 0 aromatic heterocycles. The quantitative estimate of drug-likeness (QED) is 0.136. The Hall–Kier alpha value is -3.33. The van der Waals surface area contributed by atoms with Crippen molar-refractivity contribution in [1.82, 2.24) is 8.97 Å². The highest BCUT2D eigenvalue weighted by Crippen LogP contribution is 2.24. The topological polar surface area (TPSA) is 80.3 Å². The second kappa shape index (κ2) is 18.0. The van der Waals surface area contributed by atoms with Crippen LogP contribution in [0.4, 0.5) is 11.4 Å². The van der Waals surface area contributed by atoms with E-state index in [-0.39, 0.29) is 0 Å². The van der Waals surface area contributed by atoms with Crippen LogP contribution in [0.5, 0.6) is 0 Å². The van der Waals surface area contributed by atoms with E-state index in [4.69, 9.17) is 17.5 Å². The van der Waals surface area contributed by atoms with Crippen molar-refractivity contribution >= 4 is 21.8 Å². The van der Waals surface area contributed by atoms with Crippen LogP contribution in [0.2, 0.25) is 0 Å². The molecule has 200 valence electrons. The molecule has 0 fully saturated rings. The molecule has 0 amide bonds. The zero-order valence-electron chi connectivity index (χ0n) is 21.7. The summed E-state index contributed by atoms with van der Waals surface area (Å²) in [7, 11) is -5.17. The predicted octanol–water partition coefficient (Wildman–Crippen LogP) is 5.77. The van der Waals surface area contributed by atoms with Crippen LogP contribution < -0.4 is 8.97 Å². The third kappa shape index (κ3) is 13.0. The van der Waals surface area contributed by atoms with Gasteiger partial charge in [0.25, 0.3) is 0 Å². The second-order valence-electron chi connectivity index (χ2n) is 8.20. The molecule has 0 saturated heterocycles. The zero-order chi connectivity index (χ0) is 28.2. The molecule has 0 heterocycles.